The first kappa shape index (κ1) is 29.6. The van der Waals surface area contributed by atoms with E-state index in [0.717, 1.165) is 10.6 Å². The van der Waals surface area contributed by atoms with E-state index in [4.69, 9.17) is 23.2 Å². The predicted octanol–water partition coefficient (Wildman–Crippen LogP) is 4.29. The van der Waals surface area contributed by atoms with E-state index in [1.807, 2.05) is 0 Å². The molecule has 1 atom stereocenters. The Morgan fingerprint density at radius 3 is 2.25 bits per heavy atom. The average Bonchev–Trinajstić information content (AvgIpc) is 2.77. The van der Waals surface area contributed by atoms with Gasteiger partial charge in [-0.05, 0) is 57.0 Å². The number of carbonyl (C=O) groups is 3. The fraction of sp³-hybridized carbons (Fsp3) is 0.400. The summed E-state index contributed by atoms with van der Waals surface area (Å²) in [5.74, 6) is -1.21. The van der Waals surface area contributed by atoms with E-state index in [9.17, 15) is 22.8 Å². The van der Waals surface area contributed by atoms with Gasteiger partial charge in [-0.2, -0.15) is 0 Å². The van der Waals surface area contributed by atoms with E-state index < -0.39 is 28.5 Å². The zero-order valence-electron chi connectivity index (χ0n) is 20.9. The lowest BCUT2D eigenvalue weighted by atomic mass is 10.1. The van der Waals surface area contributed by atoms with Crippen LogP contribution in [0.2, 0.25) is 10.0 Å². The number of hydrogen-bond acceptors (Lipinski definition) is 5. The van der Waals surface area contributed by atoms with E-state index in [0.29, 0.717) is 21.2 Å². The average molecular weight is 557 g/mol. The third-order valence-electron chi connectivity index (χ3n) is 5.39. The lowest BCUT2D eigenvalue weighted by Crippen LogP contribution is -2.53. The minimum atomic E-state index is -3.92. The minimum absolute atomic E-state index is 0.0378. The number of anilines is 1. The largest absolute Gasteiger partial charge is 0.352 e. The summed E-state index contributed by atoms with van der Waals surface area (Å²) < 4.78 is 26.3. The summed E-state index contributed by atoms with van der Waals surface area (Å²) in [7, 11) is -3.92. The zero-order valence-corrected chi connectivity index (χ0v) is 23.2. The molecule has 36 heavy (non-hydrogen) atoms. The molecular weight excluding hydrogens is 525 g/mol. The number of Topliss-reactive ketones (excluding diaryl/α,β-unsaturated/α-hetero) is 1. The Morgan fingerprint density at radius 2 is 1.72 bits per heavy atom. The normalized spacial score (nSPS) is 12.2. The highest BCUT2D eigenvalue weighted by atomic mass is 35.5. The SMILES string of the molecule is CC[C@H](C(=O)NC(C)C)N(Cc1ccc(Cl)cc1Cl)C(=O)CN(c1cccc(C(C)=O)c1)S(C)(=O)=O. The second-order valence-corrected chi connectivity index (χ2v) is 11.5. The smallest absolute Gasteiger partial charge is 0.244 e. The van der Waals surface area contributed by atoms with Crippen molar-refractivity contribution in [1.82, 2.24) is 10.2 Å². The number of hydrogen-bond donors (Lipinski definition) is 1. The molecule has 0 aliphatic carbocycles. The van der Waals surface area contributed by atoms with Gasteiger partial charge in [0.15, 0.2) is 5.78 Å². The third-order valence-corrected chi connectivity index (χ3v) is 7.12. The van der Waals surface area contributed by atoms with Crippen LogP contribution in [-0.2, 0) is 26.2 Å². The van der Waals surface area contributed by atoms with Crippen molar-refractivity contribution in [3.63, 3.8) is 0 Å². The van der Waals surface area contributed by atoms with Crippen LogP contribution in [0.25, 0.3) is 0 Å². The van der Waals surface area contributed by atoms with Crippen LogP contribution in [0.15, 0.2) is 42.5 Å². The molecule has 2 aromatic carbocycles. The number of rotatable bonds is 11. The van der Waals surface area contributed by atoms with Gasteiger partial charge in [-0.25, -0.2) is 8.42 Å². The molecule has 0 radical (unpaired) electrons. The molecule has 2 aromatic rings. The highest BCUT2D eigenvalue weighted by Gasteiger charge is 2.32. The fourth-order valence-electron chi connectivity index (χ4n) is 3.63. The standard InChI is InChI=1S/C25H31Cl2N3O5S/c1-6-23(25(33)28-16(2)3)29(14-19-10-11-20(26)13-22(19)27)24(32)15-30(36(5,34)35)21-9-7-8-18(12-21)17(4)31/h7-13,16,23H,6,14-15H2,1-5H3,(H,28,33)/t23-/m1/s1. The van der Waals surface area contributed by atoms with Gasteiger partial charge < -0.3 is 10.2 Å². The van der Waals surface area contributed by atoms with E-state index in [1.54, 1.807) is 45.0 Å². The number of nitrogens with zero attached hydrogens (tertiary/aromatic N) is 2. The molecule has 196 valence electrons. The van der Waals surface area contributed by atoms with Gasteiger partial charge in [-0.1, -0.05) is 48.3 Å². The summed E-state index contributed by atoms with van der Waals surface area (Å²) in [4.78, 5) is 39.8. The van der Waals surface area contributed by atoms with Gasteiger partial charge >= 0.3 is 0 Å². The van der Waals surface area contributed by atoms with Crippen molar-refractivity contribution < 1.29 is 22.8 Å². The Bertz CT molecular complexity index is 1230. The summed E-state index contributed by atoms with van der Waals surface area (Å²) >= 11 is 12.4. The Labute approximate surface area is 222 Å². The van der Waals surface area contributed by atoms with Gasteiger partial charge in [-0.15, -0.1) is 0 Å². The van der Waals surface area contributed by atoms with Crippen LogP contribution in [0, 0.1) is 0 Å². The molecule has 0 aliphatic rings. The minimum Gasteiger partial charge on any atom is -0.352 e. The molecule has 0 saturated carbocycles. The van der Waals surface area contributed by atoms with E-state index in [-0.39, 0.29) is 36.4 Å². The van der Waals surface area contributed by atoms with Crippen LogP contribution in [0.1, 0.15) is 50.0 Å². The topological polar surface area (TPSA) is 104 Å². The second-order valence-electron chi connectivity index (χ2n) is 8.72. The quantitative estimate of drug-likeness (QED) is 0.416. The van der Waals surface area contributed by atoms with Crippen LogP contribution in [0.5, 0.6) is 0 Å². The lowest BCUT2D eigenvalue weighted by molar-refractivity contribution is -0.140. The van der Waals surface area contributed by atoms with Crippen molar-refractivity contribution in [2.75, 3.05) is 17.1 Å². The van der Waals surface area contributed by atoms with Crippen LogP contribution in [0.4, 0.5) is 5.69 Å². The molecule has 0 aliphatic heterocycles. The van der Waals surface area contributed by atoms with Crippen molar-refractivity contribution in [2.45, 2.75) is 52.7 Å². The van der Waals surface area contributed by atoms with Gasteiger partial charge in [0.25, 0.3) is 0 Å². The molecule has 0 unspecified atom stereocenters. The number of sulfonamides is 1. The summed E-state index contributed by atoms with van der Waals surface area (Å²) in [6.07, 6.45) is 1.26. The number of nitrogens with one attached hydrogen (secondary N) is 1. The first-order valence-electron chi connectivity index (χ1n) is 11.4. The number of ketones is 1. The molecule has 8 nitrogen and oxygen atoms in total. The van der Waals surface area contributed by atoms with E-state index in [2.05, 4.69) is 5.32 Å². The molecule has 0 bridgehead atoms. The number of benzene rings is 2. The maximum Gasteiger partial charge on any atom is 0.244 e. The van der Waals surface area contributed by atoms with Crippen LogP contribution in [0.3, 0.4) is 0 Å². The first-order chi connectivity index (χ1) is 16.7. The third kappa shape index (κ3) is 7.94. The molecule has 1 N–H and O–H groups in total. The van der Waals surface area contributed by atoms with Crippen LogP contribution < -0.4 is 9.62 Å². The summed E-state index contributed by atoms with van der Waals surface area (Å²) in [5, 5.41) is 3.55. The molecule has 0 aromatic heterocycles. The molecular formula is C25H31Cl2N3O5S. The van der Waals surface area contributed by atoms with Crippen molar-refractivity contribution in [3.05, 3.63) is 63.6 Å². The Hall–Kier alpha value is -2.62. The van der Waals surface area contributed by atoms with E-state index >= 15 is 0 Å². The van der Waals surface area contributed by atoms with Crippen molar-refractivity contribution >= 4 is 56.5 Å². The van der Waals surface area contributed by atoms with Crippen molar-refractivity contribution in [1.29, 1.82) is 0 Å². The second kappa shape index (κ2) is 12.6. The van der Waals surface area contributed by atoms with Gasteiger partial charge in [0.05, 0.1) is 11.9 Å². The number of amides is 2. The first-order valence-corrected chi connectivity index (χ1v) is 14.0. The fourth-order valence-corrected chi connectivity index (χ4v) is 4.94. The van der Waals surface area contributed by atoms with Crippen molar-refractivity contribution in [2.24, 2.45) is 0 Å². The van der Waals surface area contributed by atoms with Gasteiger partial charge in [0.2, 0.25) is 21.8 Å². The molecule has 0 spiro atoms. The van der Waals surface area contributed by atoms with Crippen LogP contribution >= 0.6 is 23.2 Å². The monoisotopic (exact) mass is 555 g/mol. The summed E-state index contributed by atoms with van der Waals surface area (Å²) in [6.45, 7) is 6.13. The Balaban J connectivity index is 2.51. The van der Waals surface area contributed by atoms with Crippen LogP contribution in [-0.4, -0.2) is 55.8 Å². The van der Waals surface area contributed by atoms with Crippen molar-refractivity contribution in [3.8, 4) is 0 Å². The number of carbonyl (C=O) groups excluding carboxylic acids is 3. The highest BCUT2D eigenvalue weighted by Crippen LogP contribution is 2.25. The molecule has 11 heteroatoms. The molecule has 0 saturated heterocycles. The maximum absolute atomic E-state index is 13.7. The highest BCUT2D eigenvalue weighted by molar-refractivity contribution is 7.92. The maximum atomic E-state index is 13.7. The summed E-state index contributed by atoms with van der Waals surface area (Å²) in [6, 6.07) is 9.80. The predicted molar refractivity (Wildman–Crippen MR) is 143 cm³/mol. The lowest BCUT2D eigenvalue weighted by Gasteiger charge is -2.33. The Morgan fingerprint density at radius 1 is 1.06 bits per heavy atom. The summed E-state index contributed by atoms with van der Waals surface area (Å²) in [5.41, 5.74) is 1.03. The van der Waals surface area contributed by atoms with Gasteiger partial charge in [0, 0.05) is 28.2 Å². The van der Waals surface area contributed by atoms with E-state index in [1.165, 1.54) is 30.0 Å². The molecule has 0 heterocycles. The zero-order chi connectivity index (χ0) is 27.2. The Kier molecular flexibility index (Phi) is 10.3. The number of halogens is 2. The molecule has 2 rings (SSSR count). The van der Waals surface area contributed by atoms with Gasteiger partial charge in [-0.3, -0.25) is 18.7 Å². The van der Waals surface area contributed by atoms with Gasteiger partial charge in [0.1, 0.15) is 12.6 Å². The molecule has 2 amide bonds. The molecule has 0 fully saturated rings.